The van der Waals surface area contributed by atoms with Crippen LogP contribution in [0.15, 0.2) is 60.7 Å². The first-order valence-corrected chi connectivity index (χ1v) is 10.5. The van der Waals surface area contributed by atoms with E-state index in [2.05, 4.69) is 0 Å². The van der Waals surface area contributed by atoms with E-state index in [0.29, 0.717) is 18.4 Å². The number of hydrogen-bond donors (Lipinski definition) is 0. The average Bonchev–Trinajstić information content (AvgIpc) is 3.07. The van der Waals surface area contributed by atoms with Crippen molar-refractivity contribution in [3.8, 4) is 0 Å². The van der Waals surface area contributed by atoms with Crippen LogP contribution in [0.3, 0.4) is 0 Å². The Hall–Kier alpha value is -4.14. The molecule has 4 rings (SSSR count). The van der Waals surface area contributed by atoms with Crippen LogP contribution in [-0.4, -0.2) is 45.0 Å². The molecular weight excluding hydrogens is 426 g/mol. The van der Waals surface area contributed by atoms with Gasteiger partial charge in [0.15, 0.2) is 5.78 Å². The highest BCUT2D eigenvalue weighted by Gasteiger charge is 2.51. The summed E-state index contributed by atoms with van der Waals surface area (Å²) in [6.07, 6.45) is 4.43. The van der Waals surface area contributed by atoms with E-state index in [0.717, 1.165) is 27.7 Å². The maximum Gasteiger partial charge on any atom is 0.273 e. The van der Waals surface area contributed by atoms with E-state index < -0.39 is 46.8 Å². The molecule has 3 amide bonds. The number of rotatable bonds is 6. The lowest BCUT2D eigenvalue weighted by molar-refractivity contribution is -0.384. The molecule has 0 bridgehead atoms. The summed E-state index contributed by atoms with van der Waals surface area (Å²) in [6.45, 7) is 1.35. The molecule has 1 aliphatic heterocycles. The van der Waals surface area contributed by atoms with Gasteiger partial charge in [-0.25, -0.2) is 5.01 Å². The van der Waals surface area contributed by atoms with Crippen molar-refractivity contribution in [2.24, 2.45) is 11.8 Å². The first kappa shape index (κ1) is 22.1. The SMILES string of the molecule is Cc1ccc(C(=O)CN(C(=O)c2ccc([N+](=O)[O-])cc2)N2C(=O)[C@H]3CC=CC[C@@H]3C2=O)cc1. The zero-order valence-electron chi connectivity index (χ0n) is 17.8. The summed E-state index contributed by atoms with van der Waals surface area (Å²) in [6, 6.07) is 11.5. The number of hydrazine groups is 1. The minimum Gasteiger partial charge on any atom is -0.292 e. The molecular formula is C24H21N3O6. The molecule has 0 radical (unpaired) electrons. The summed E-state index contributed by atoms with van der Waals surface area (Å²) in [4.78, 5) is 62.9. The van der Waals surface area contributed by atoms with Gasteiger partial charge >= 0.3 is 0 Å². The fourth-order valence-corrected chi connectivity index (χ4v) is 4.10. The van der Waals surface area contributed by atoms with Crippen LogP contribution in [0.2, 0.25) is 0 Å². The van der Waals surface area contributed by atoms with Crippen LogP contribution in [0.4, 0.5) is 5.69 Å². The Kier molecular flexibility index (Phi) is 5.87. The Morgan fingerprint density at radius 3 is 1.97 bits per heavy atom. The predicted octanol–water partition coefficient (Wildman–Crippen LogP) is 3.09. The van der Waals surface area contributed by atoms with Crippen molar-refractivity contribution in [1.29, 1.82) is 0 Å². The number of Topliss-reactive ketones (excluding diaryl/α,β-unsaturated/α-hetero) is 1. The molecule has 9 heteroatoms. The molecule has 2 aromatic rings. The minimum absolute atomic E-state index is 0.0194. The van der Waals surface area contributed by atoms with Gasteiger partial charge in [-0.2, -0.15) is 5.01 Å². The molecule has 0 aromatic heterocycles. The van der Waals surface area contributed by atoms with E-state index in [9.17, 15) is 29.3 Å². The third-order valence-corrected chi connectivity index (χ3v) is 5.95. The second kappa shape index (κ2) is 8.78. The zero-order chi connectivity index (χ0) is 23.7. The molecule has 168 valence electrons. The predicted molar refractivity (Wildman–Crippen MR) is 117 cm³/mol. The molecule has 1 aliphatic carbocycles. The molecule has 2 aromatic carbocycles. The van der Waals surface area contributed by atoms with Crippen molar-refractivity contribution < 1.29 is 24.1 Å². The molecule has 2 atom stereocenters. The lowest BCUT2D eigenvalue weighted by Gasteiger charge is -2.30. The van der Waals surface area contributed by atoms with Gasteiger partial charge in [0.1, 0.15) is 6.54 Å². The van der Waals surface area contributed by atoms with Crippen LogP contribution >= 0.6 is 0 Å². The fraction of sp³-hybridized carbons (Fsp3) is 0.250. The average molecular weight is 447 g/mol. The second-order valence-corrected chi connectivity index (χ2v) is 8.10. The number of amides is 3. The maximum atomic E-state index is 13.4. The number of ketones is 1. The van der Waals surface area contributed by atoms with Crippen molar-refractivity contribution in [2.45, 2.75) is 19.8 Å². The van der Waals surface area contributed by atoms with Gasteiger partial charge in [0, 0.05) is 23.3 Å². The largest absolute Gasteiger partial charge is 0.292 e. The normalized spacial score (nSPS) is 19.4. The summed E-state index contributed by atoms with van der Waals surface area (Å²) < 4.78 is 0. The van der Waals surface area contributed by atoms with Gasteiger partial charge in [0.2, 0.25) is 0 Å². The van der Waals surface area contributed by atoms with Gasteiger partial charge in [0.25, 0.3) is 23.4 Å². The standard InChI is InChI=1S/C24H21N3O6/c1-15-6-8-16(9-7-15)21(28)14-25(22(29)17-10-12-18(13-11-17)27(32)33)26-23(30)19-4-2-3-5-20(19)24(26)31/h2-3,6-13,19-20H,4-5,14H2,1H3/t19-,20-/m0/s1. The number of aryl methyl sites for hydroxylation is 1. The third-order valence-electron chi connectivity index (χ3n) is 5.95. The van der Waals surface area contributed by atoms with Crippen LogP contribution in [0, 0.1) is 28.9 Å². The van der Waals surface area contributed by atoms with E-state index in [1.807, 2.05) is 19.1 Å². The molecule has 33 heavy (non-hydrogen) atoms. The summed E-state index contributed by atoms with van der Waals surface area (Å²) in [5, 5.41) is 12.6. The molecule has 0 N–H and O–H groups in total. The van der Waals surface area contributed by atoms with Gasteiger partial charge in [-0.1, -0.05) is 42.0 Å². The van der Waals surface area contributed by atoms with Crippen LogP contribution in [0.5, 0.6) is 0 Å². The smallest absolute Gasteiger partial charge is 0.273 e. The molecule has 1 saturated heterocycles. The molecule has 1 heterocycles. The first-order valence-electron chi connectivity index (χ1n) is 10.5. The summed E-state index contributed by atoms with van der Waals surface area (Å²) in [7, 11) is 0. The van der Waals surface area contributed by atoms with E-state index >= 15 is 0 Å². The summed E-state index contributed by atoms with van der Waals surface area (Å²) >= 11 is 0. The van der Waals surface area contributed by atoms with E-state index in [1.54, 1.807) is 24.3 Å². The highest BCUT2D eigenvalue weighted by Crippen LogP contribution is 2.36. The zero-order valence-corrected chi connectivity index (χ0v) is 17.8. The number of allylic oxidation sites excluding steroid dienone is 2. The van der Waals surface area contributed by atoms with Crippen molar-refractivity contribution in [1.82, 2.24) is 10.0 Å². The highest BCUT2D eigenvalue weighted by molar-refractivity contribution is 6.09. The van der Waals surface area contributed by atoms with Gasteiger partial charge in [0.05, 0.1) is 16.8 Å². The second-order valence-electron chi connectivity index (χ2n) is 8.10. The van der Waals surface area contributed by atoms with Gasteiger partial charge in [-0.3, -0.25) is 29.3 Å². The Bertz CT molecular complexity index is 1140. The lowest BCUT2D eigenvalue weighted by atomic mass is 9.85. The fourth-order valence-electron chi connectivity index (χ4n) is 4.10. The van der Waals surface area contributed by atoms with Crippen molar-refractivity contribution in [3.05, 3.63) is 87.5 Å². The Morgan fingerprint density at radius 2 is 1.45 bits per heavy atom. The number of nitro groups is 1. The van der Waals surface area contributed by atoms with Crippen molar-refractivity contribution in [3.63, 3.8) is 0 Å². The number of benzene rings is 2. The number of nitrogens with zero attached hydrogens (tertiary/aromatic N) is 3. The van der Waals surface area contributed by atoms with E-state index in [-0.39, 0.29) is 11.3 Å². The minimum atomic E-state index is -0.765. The molecule has 0 spiro atoms. The van der Waals surface area contributed by atoms with Crippen molar-refractivity contribution in [2.75, 3.05) is 6.54 Å². The van der Waals surface area contributed by atoms with Crippen molar-refractivity contribution >= 4 is 29.2 Å². The van der Waals surface area contributed by atoms with Crippen LogP contribution in [-0.2, 0) is 9.59 Å². The Balaban J connectivity index is 1.68. The van der Waals surface area contributed by atoms with Gasteiger partial charge < -0.3 is 0 Å². The van der Waals surface area contributed by atoms with E-state index in [1.165, 1.54) is 12.1 Å². The first-order chi connectivity index (χ1) is 15.8. The van der Waals surface area contributed by atoms with Crippen LogP contribution < -0.4 is 0 Å². The number of fused-ring (bicyclic) bond motifs is 1. The highest BCUT2D eigenvalue weighted by atomic mass is 16.6. The number of carbonyl (C=O) groups is 4. The third kappa shape index (κ3) is 4.17. The molecule has 0 unspecified atom stereocenters. The van der Waals surface area contributed by atoms with Crippen LogP contribution in [0.25, 0.3) is 0 Å². The number of carbonyl (C=O) groups excluding carboxylic acids is 4. The Morgan fingerprint density at radius 1 is 0.939 bits per heavy atom. The quantitative estimate of drug-likeness (QED) is 0.221. The topological polar surface area (TPSA) is 118 Å². The molecule has 0 saturated carbocycles. The van der Waals surface area contributed by atoms with Gasteiger partial charge in [-0.15, -0.1) is 0 Å². The lowest BCUT2D eigenvalue weighted by Crippen LogP contribution is -2.52. The number of non-ortho nitro benzene ring substituents is 1. The Labute approximate surface area is 189 Å². The molecule has 1 fully saturated rings. The maximum absolute atomic E-state index is 13.4. The van der Waals surface area contributed by atoms with Gasteiger partial charge in [-0.05, 0) is 31.9 Å². The van der Waals surface area contributed by atoms with E-state index in [4.69, 9.17) is 0 Å². The number of nitro benzene ring substituents is 1. The monoisotopic (exact) mass is 447 g/mol. The molecule has 2 aliphatic rings. The number of imide groups is 1. The van der Waals surface area contributed by atoms with Crippen LogP contribution in [0.1, 0.15) is 39.1 Å². The summed E-state index contributed by atoms with van der Waals surface area (Å²) in [5.41, 5.74) is 1.09. The summed E-state index contributed by atoms with van der Waals surface area (Å²) in [5.74, 6) is -3.42. The number of hydrogen-bond acceptors (Lipinski definition) is 6. The molecule has 9 nitrogen and oxygen atoms in total.